The number of likely N-dealkylation sites (N-methyl/N-ethyl adjacent to an activating group) is 1. The van der Waals surface area contributed by atoms with Gasteiger partial charge in [0.1, 0.15) is 12.4 Å². The maximum Gasteiger partial charge on any atom is 0.266 e. The molecule has 0 N–H and O–H groups in total. The Hall–Kier alpha value is -3.56. The Morgan fingerprint density at radius 2 is 1.90 bits per heavy atom. The van der Waals surface area contributed by atoms with E-state index in [1.165, 1.54) is 11.8 Å². The summed E-state index contributed by atoms with van der Waals surface area (Å²) in [5.41, 5.74) is 2.24. The lowest BCUT2D eigenvalue weighted by atomic mass is 10.0. The summed E-state index contributed by atoms with van der Waals surface area (Å²) in [6, 6.07) is 21.5. The molecule has 0 radical (unpaired) electrons. The first-order valence-electron chi connectivity index (χ1n) is 9.39. The fourth-order valence-corrected chi connectivity index (χ4v) is 4.25. The van der Waals surface area contributed by atoms with E-state index >= 15 is 0 Å². The molecule has 1 aliphatic heterocycles. The Morgan fingerprint density at radius 3 is 2.67 bits per heavy atom. The highest BCUT2D eigenvalue weighted by Crippen LogP contribution is 2.36. The van der Waals surface area contributed by atoms with Crippen LogP contribution >= 0.6 is 11.8 Å². The summed E-state index contributed by atoms with van der Waals surface area (Å²) >= 11 is 1.35. The van der Waals surface area contributed by atoms with E-state index in [-0.39, 0.29) is 12.5 Å². The quantitative estimate of drug-likeness (QED) is 0.575. The molecule has 0 atom stereocenters. The van der Waals surface area contributed by atoms with Crippen LogP contribution in [0.2, 0.25) is 0 Å². The van der Waals surface area contributed by atoms with Crippen LogP contribution in [0.4, 0.5) is 0 Å². The van der Waals surface area contributed by atoms with Gasteiger partial charge in [0.2, 0.25) is 0 Å². The minimum Gasteiger partial charge on any atom is -0.488 e. The predicted molar refractivity (Wildman–Crippen MR) is 121 cm³/mol. The fourth-order valence-electron chi connectivity index (χ4n) is 3.34. The molecule has 148 valence electrons. The van der Waals surface area contributed by atoms with Crippen molar-refractivity contribution in [2.24, 2.45) is 4.99 Å². The third-order valence-corrected chi connectivity index (χ3v) is 6.07. The van der Waals surface area contributed by atoms with Gasteiger partial charge in [-0.2, -0.15) is 5.26 Å². The second kappa shape index (κ2) is 8.44. The van der Waals surface area contributed by atoms with Crippen molar-refractivity contribution >= 4 is 39.7 Å². The molecule has 0 unspecified atom stereocenters. The van der Waals surface area contributed by atoms with Crippen LogP contribution in [0.1, 0.15) is 16.7 Å². The number of carbonyl (C=O) groups is 1. The fraction of sp³-hybridized carbons (Fsp3) is 0.125. The maximum atomic E-state index is 12.7. The van der Waals surface area contributed by atoms with E-state index in [0.29, 0.717) is 21.4 Å². The van der Waals surface area contributed by atoms with Gasteiger partial charge >= 0.3 is 0 Å². The zero-order valence-corrected chi connectivity index (χ0v) is 17.4. The number of nitriles is 1. The average molecular weight is 414 g/mol. The van der Waals surface area contributed by atoms with Gasteiger partial charge in [-0.25, -0.2) is 0 Å². The summed E-state index contributed by atoms with van der Waals surface area (Å²) in [6.45, 7) is 0.265. The first-order chi connectivity index (χ1) is 14.6. The zero-order valence-electron chi connectivity index (χ0n) is 16.6. The van der Waals surface area contributed by atoms with Gasteiger partial charge in [0, 0.05) is 25.2 Å². The van der Waals surface area contributed by atoms with E-state index < -0.39 is 0 Å². The Balaban J connectivity index is 1.77. The number of ether oxygens (including phenoxy) is 1. The highest BCUT2D eigenvalue weighted by molar-refractivity contribution is 8.18. The number of nitrogens with zero attached hydrogens (tertiary/aromatic N) is 3. The van der Waals surface area contributed by atoms with Crippen LogP contribution in [-0.2, 0) is 11.4 Å². The van der Waals surface area contributed by atoms with Gasteiger partial charge in [-0.15, -0.1) is 0 Å². The summed E-state index contributed by atoms with van der Waals surface area (Å²) in [5.74, 6) is 0.571. The molecule has 30 heavy (non-hydrogen) atoms. The molecule has 6 heteroatoms. The standard InChI is InChI=1S/C24H19N3O2S/c1-26-24-27(2)23(28)22(30-24)13-20-19-10-6-5-7-16(19)11-12-21(20)29-15-18-9-4-3-8-17(18)14-25/h3-13H,15H2,1-2H3/b22-13+,26-24?. The van der Waals surface area contributed by atoms with Crippen molar-refractivity contribution in [3.63, 3.8) is 0 Å². The summed E-state index contributed by atoms with van der Waals surface area (Å²) in [5, 5.41) is 12.0. The summed E-state index contributed by atoms with van der Waals surface area (Å²) in [7, 11) is 3.39. The summed E-state index contributed by atoms with van der Waals surface area (Å²) < 4.78 is 6.14. The molecule has 1 fully saturated rings. The lowest BCUT2D eigenvalue weighted by Gasteiger charge is -2.13. The lowest BCUT2D eigenvalue weighted by molar-refractivity contribution is -0.121. The largest absolute Gasteiger partial charge is 0.488 e. The number of rotatable bonds is 4. The second-order valence-corrected chi connectivity index (χ2v) is 7.75. The second-order valence-electron chi connectivity index (χ2n) is 6.74. The molecule has 1 aliphatic rings. The molecule has 1 heterocycles. The van der Waals surface area contributed by atoms with Crippen LogP contribution in [-0.4, -0.2) is 30.1 Å². The average Bonchev–Trinajstić information content (AvgIpc) is 3.06. The molecule has 1 amide bonds. The Labute approximate surface area is 179 Å². The number of thioether (sulfide) groups is 1. The molecule has 5 nitrogen and oxygen atoms in total. The van der Waals surface area contributed by atoms with E-state index in [2.05, 4.69) is 11.1 Å². The van der Waals surface area contributed by atoms with Crippen LogP contribution in [0.25, 0.3) is 16.8 Å². The predicted octanol–water partition coefficient (Wildman–Crippen LogP) is 4.82. The van der Waals surface area contributed by atoms with Crippen molar-refractivity contribution in [1.29, 1.82) is 5.26 Å². The first kappa shape index (κ1) is 19.7. The number of hydrogen-bond donors (Lipinski definition) is 0. The molecular weight excluding hydrogens is 394 g/mol. The van der Waals surface area contributed by atoms with Crippen molar-refractivity contribution in [3.05, 3.63) is 82.3 Å². The van der Waals surface area contributed by atoms with Gasteiger partial charge in [-0.05, 0) is 40.7 Å². The lowest BCUT2D eigenvalue weighted by Crippen LogP contribution is -2.23. The van der Waals surface area contributed by atoms with Gasteiger partial charge in [0.05, 0.1) is 16.5 Å². The van der Waals surface area contributed by atoms with E-state index in [9.17, 15) is 10.1 Å². The topological polar surface area (TPSA) is 65.7 Å². The van der Waals surface area contributed by atoms with E-state index in [1.54, 1.807) is 25.1 Å². The number of amides is 1. The maximum absolute atomic E-state index is 12.7. The van der Waals surface area contributed by atoms with E-state index in [4.69, 9.17) is 4.74 Å². The van der Waals surface area contributed by atoms with Gasteiger partial charge in [0.25, 0.3) is 5.91 Å². The number of amidine groups is 1. The van der Waals surface area contributed by atoms with E-state index in [0.717, 1.165) is 21.9 Å². The van der Waals surface area contributed by atoms with Crippen LogP contribution in [0, 0.1) is 11.3 Å². The summed E-state index contributed by atoms with van der Waals surface area (Å²) in [6.07, 6.45) is 1.87. The Kier molecular flexibility index (Phi) is 5.55. The van der Waals surface area contributed by atoms with Gasteiger partial charge in [-0.1, -0.05) is 48.5 Å². The zero-order chi connectivity index (χ0) is 21.1. The minimum absolute atomic E-state index is 0.0886. The molecule has 0 aliphatic carbocycles. The van der Waals surface area contributed by atoms with Gasteiger partial charge < -0.3 is 4.74 Å². The van der Waals surface area contributed by atoms with E-state index in [1.807, 2.05) is 60.7 Å². The number of fused-ring (bicyclic) bond motifs is 1. The SMILES string of the molecule is CN=C1S/C(=C/c2c(OCc3ccccc3C#N)ccc3ccccc23)C(=O)N1C. The number of carbonyl (C=O) groups excluding carboxylic acids is 1. The molecule has 1 saturated heterocycles. The number of benzene rings is 3. The van der Waals surface area contributed by atoms with Gasteiger partial charge in [-0.3, -0.25) is 14.7 Å². The molecule has 3 aromatic rings. The van der Waals surface area contributed by atoms with Crippen molar-refractivity contribution in [3.8, 4) is 11.8 Å². The molecule has 0 aromatic heterocycles. The molecule has 4 rings (SSSR count). The van der Waals surface area contributed by atoms with Crippen molar-refractivity contribution in [2.75, 3.05) is 14.1 Å². The van der Waals surface area contributed by atoms with Crippen LogP contribution in [0.5, 0.6) is 5.75 Å². The van der Waals surface area contributed by atoms with Gasteiger partial charge in [0.15, 0.2) is 5.17 Å². The van der Waals surface area contributed by atoms with Crippen LogP contribution in [0.3, 0.4) is 0 Å². The molecule has 0 bridgehead atoms. The molecule has 0 spiro atoms. The van der Waals surface area contributed by atoms with Crippen molar-refractivity contribution in [2.45, 2.75) is 6.61 Å². The van der Waals surface area contributed by atoms with Crippen LogP contribution < -0.4 is 4.74 Å². The van der Waals surface area contributed by atoms with Crippen molar-refractivity contribution in [1.82, 2.24) is 4.90 Å². The first-order valence-corrected chi connectivity index (χ1v) is 10.2. The highest BCUT2D eigenvalue weighted by Gasteiger charge is 2.30. The highest BCUT2D eigenvalue weighted by atomic mass is 32.2. The smallest absolute Gasteiger partial charge is 0.266 e. The Morgan fingerprint density at radius 1 is 1.13 bits per heavy atom. The van der Waals surface area contributed by atoms with Crippen LogP contribution in [0.15, 0.2) is 70.6 Å². The van der Waals surface area contributed by atoms with Crippen molar-refractivity contribution < 1.29 is 9.53 Å². The number of hydrogen-bond acceptors (Lipinski definition) is 5. The minimum atomic E-state index is -0.0886. The summed E-state index contributed by atoms with van der Waals surface area (Å²) in [4.78, 5) is 19.0. The number of aliphatic imine (C=N–C) groups is 1. The normalized spacial score (nSPS) is 16.4. The Bertz CT molecular complexity index is 1240. The molecule has 3 aromatic carbocycles. The monoisotopic (exact) mass is 413 g/mol. The molecule has 0 saturated carbocycles. The molecular formula is C24H19N3O2S. The third kappa shape index (κ3) is 3.68. The third-order valence-electron chi connectivity index (χ3n) is 4.92.